The number of thiophene rings is 1. The molecule has 3 heterocycles. The Morgan fingerprint density at radius 1 is 1.16 bits per heavy atom. The summed E-state index contributed by atoms with van der Waals surface area (Å²) in [5, 5.41) is 28.0. The smallest absolute Gasteiger partial charge is 0.277 e. The van der Waals surface area contributed by atoms with Crippen molar-refractivity contribution in [2.45, 2.75) is 12.4 Å². The summed E-state index contributed by atoms with van der Waals surface area (Å²) in [7, 11) is 0. The lowest BCUT2D eigenvalue weighted by Crippen LogP contribution is -2.33. The van der Waals surface area contributed by atoms with Gasteiger partial charge in [0.05, 0.1) is 44.8 Å². The van der Waals surface area contributed by atoms with E-state index in [1.807, 2.05) is 5.38 Å². The molecule has 3 fully saturated rings. The first-order valence-corrected chi connectivity index (χ1v) is 10.4. The molecule has 3 aliphatic rings. The first kappa shape index (κ1) is 20.4. The van der Waals surface area contributed by atoms with Crippen LogP contribution in [0.15, 0.2) is 40.8 Å². The van der Waals surface area contributed by atoms with Gasteiger partial charge < -0.3 is 9.47 Å². The van der Waals surface area contributed by atoms with E-state index in [0.29, 0.717) is 17.2 Å². The second-order valence-corrected chi connectivity index (χ2v) is 8.49. The molecule has 2 bridgehead atoms. The van der Waals surface area contributed by atoms with Gasteiger partial charge in [-0.3, -0.25) is 29.8 Å². The van der Waals surface area contributed by atoms with Gasteiger partial charge in [-0.15, -0.1) is 11.3 Å². The van der Waals surface area contributed by atoms with Crippen LogP contribution in [0.3, 0.4) is 0 Å². The van der Waals surface area contributed by atoms with Crippen molar-refractivity contribution in [2.24, 2.45) is 22.9 Å². The maximum Gasteiger partial charge on any atom is 0.277 e. The second-order valence-electron chi connectivity index (χ2n) is 7.54. The standard InChI is InChI=1S/C19H14N4O8S/c24-17(12-2-1-3-32-12)15-13-11-7-30-19(31-11)16(14(13)15)20-21-18(25)8-4-9(22(26)27)6-10(5-8)23(28)29/h1-6,11,13-15,19H,7H2,(H,21,25)/b20-16-. The lowest BCUT2D eigenvalue weighted by atomic mass is 10.1. The van der Waals surface area contributed by atoms with Crippen molar-refractivity contribution >= 4 is 40.1 Å². The summed E-state index contributed by atoms with van der Waals surface area (Å²) >= 11 is 1.35. The first-order chi connectivity index (χ1) is 15.3. The monoisotopic (exact) mass is 458 g/mol. The number of hydrogen-bond donors (Lipinski definition) is 1. The number of Topliss-reactive ketones (excluding diaryl/α,β-unsaturated/α-hetero) is 1. The normalized spacial score (nSPS) is 28.8. The largest absolute Gasteiger partial charge is 0.344 e. The number of hydrogen-bond acceptors (Lipinski definition) is 10. The Morgan fingerprint density at radius 3 is 2.50 bits per heavy atom. The van der Waals surface area contributed by atoms with Crippen molar-refractivity contribution in [3.05, 3.63) is 66.4 Å². The fourth-order valence-electron chi connectivity index (χ4n) is 4.28. The molecule has 2 aliphatic heterocycles. The molecule has 1 aromatic heterocycles. The van der Waals surface area contributed by atoms with Gasteiger partial charge in [-0.2, -0.15) is 5.10 Å². The number of carbonyl (C=O) groups is 2. The van der Waals surface area contributed by atoms with Crippen LogP contribution in [0.2, 0.25) is 0 Å². The van der Waals surface area contributed by atoms with E-state index in [4.69, 9.17) is 9.47 Å². The molecule has 32 heavy (non-hydrogen) atoms. The van der Waals surface area contributed by atoms with Crippen LogP contribution in [0.1, 0.15) is 20.0 Å². The van der Waals surface area contributed by atoms with Gasteiger partial charge in [0.2, 0.25) is 0 Å². The molecular weight excluding hydrogens is 444 g/mol. The second kappa shape index (κ2) is 7.55. The van der Waals surface area contributed by atoms with E-state index in [1.165, 1.54) is 11.3 Å². The predicted molar refractivity (Wildman–Crippen MR) is 108 cm³/mol. The summed E-state index contributed by atoms with van der Waals surface area (Å²) in [6, 6.07) is 6.15. The number of carbonyl (C=O) groups excluding carboxylic acids is 2. The van der Waals surface area contributed by atoms with Gasteiger partial charge in [0, 0.05) is 29.9 Å². The number of hydrazone groups is 1. The van der Waals surface area contributed by atoms with Gasteiger partial charge in [0.25, 0.3) is 17.3 Å². The van der Waals surface area contributed by atoms with E-state index in [-0.39, 0.29) is 35.2 Å². The molecule has 0 spiro atoms. The minimum Gasteiger partial charge on any atom is -0.344 e. The van der Waals surface area contributed by atoms with Crippen molar-refractivity contribution in [2.75, 3.05) is 6.61 Å². The zero-order valence-electron chi connectivity index (χ0n) is 16.1. The number of nitro benzene ring substituents is 2. The highest BCUT2D eigenvalue weighted by molar-refractivity contribution is 7.12. The highest BCUT2D eigenvalue weighted by Crippen LogP contribution is 2.57. The Labute approximate surface area is 183 Å². The summed E-state index contributed by atoms with van der Waals surface area (Å²) in [4.78, 5) is 46.5. The van der Waals surface area contributed by atoms with Gasteiger partial charge in [0.15, 0.2) is 12.1 Å². The number of ketones is 1. The van der Waals surface area contributed by atoms with Crippen LogP contribution in [0.5, 0.6) is 0 Å². The zero-order chi connectivity index (χ0) is 22.6. The van der Waals surface area contributed by atoms with E-state index in [0.717, 1.165) is 18.2 Å². The molecule has 164 valence electrons. The van der Waals surface area contributed by atoms with Crippen LogP contribution < -0.4 is 5.43 Å². The third-order valence-corrected chi connectivity index (χ3v) is 6.62. The van der Waals surface area contributed by atoms with Crippen molar-refractivity contribution < 1.29 is 28.9 Å². The van der Waals surface area contributed by atoms with Crippen molar-refractivity contribution in [3.8, 4) is 0 Å². The van der Waals surface area contributed by atoms with Crippen LogP contribution in [0.25, 0.3) is 0 Å². The van der Waals surface area contributed by atoms with E-state index < -0.39 is 33.4 Å². The molecule has 5 atom stereocenters. The molecule has 13 heteroatoms. The molecule has 12 nitrogen and oxygen atoms in total. The number of non-ortho nitro benzene ring substituents is 2. The molecular formula is C19H14N4O8S. The van der Waals surface area contributed by atoms with E-state index in [1.54, 1.807) is 12.1 Å². The highest BCUT2D eigenvalue weighted by Gasteiger charge is 2.67. The van der Waals surface area contributed by atoms with E-state index in [9.17, 15) is 29.8 Å². The summed E-state index contributed by atoms with van der Waals surface area (Å²) in [6.45, 7) is 0.310. The van der Waals surface area contributed by atoms with Gasteiger partial charge in [-0.1, -0.05) is 6.07 Å². The molecule has 2 aromatic rings. The molecule has 1 saturated carbocycles. The Hall–Kier alpha value is -3.55. The van der Waals surface area contributed by atoms with Gasteiger partial charge in [0.1, 0.15) is 0 Å². The molecule has 1 aliphatic carbocycles. The minimum absolute atomic E-state index is 0.0144. The number of nitrogens with zero attached hydrogens (tertiary/aromatic N) is 3. The zero-order valence-corrected chi connectivity index (χ0v) is 16.9. The first-order valence-electron chi connectivity index (χ1n) is 9.51. The molecule has 5 rings (SSSR count). The van der Waals surface area contributed by atoms with Crippen LogP contribution in [0, 0.1) is 38.0 Å². The van der Waals surface area contributed by atoms with Gasteiger partial charge >= 0.3 is 0 Å². The van der Waals surface area contributed by atoms with E-state index in [2.05, 4.69) is 10.5 Å². The Morgan fingerprint density at radius 2 is 1.88 bits per heavy atom. The van der Waals surface area contributed by atoms with Crippen LogP contribution in [0.4, 0.5) is 11.4 Å². The summed E-state index contributed by atoms with van der Waals surface area (Å²) in [5.41, 5.74) is 1.14. The summed E-state index contributed by atoms with van der Waals surface area (Å²) in [6.07, 6.45) is -1.03. The number of nitro groups is 2. The fraction of sp³-hybridized carbons (Fsp3) is 0.316. The lowest BCUT2D eigenvalue weighted by Gasteiger charge is -2.18. The Bertz CT molecular complexity index is 1150. The topological polar surface area (TPSA) is 163 Å². The van der Waals surface area contributed by atoms with Crippen LogP contribution >= 0.6 is 11.3 Å². The molecule has 0 radical (unpaired) electrons. The van der Waals surface area contributed by atoms with Crippen molar-refractivity contribution in [1.82, 2.24) is 5.43 Å². The third kappa shape index (κ3) is 3.36. The predicted octanol–water partition coefficient (Wildman–Crippen LogP) is 2.15. The number of rotatable bonds is 6. The molecule has 1 aromatic carbocycles. The molecule has 1 amide bonds. The quantitative estimate of drug-likeness (QED) is 0.391. The SMILES string of the molecule is O=C(N/N=C1\C2OCC(O2)C2C(C(=O)c3cccs3)C12)c1cc([N+](=O)[O-])cc([N+](=O)[O-])c1. The Kier molecular flexibility index (Phi) is 4.80. The van der Waals surface area contributed by atoms with Crippen molar-refractivity contribution in [3.63, 3.8) is 0 Å². The number of benzene rings is 1. The van der Waals surface area contributed by atoms with Crippen LogP contribution in [-0.2, 0) is 9.47 Å². The summed E-state index contributed by atoms with van der Waals surface area (Å²) in [5.74, 6) is -1.59. The minimum atomic E-state index is -0.872. The number of amides is 1. The molecule has 5 unspecified atom stereocenters. The number of nitrogens with one attached hydrogen (secondary N) is 1. The average Bonchev–Trinajstić information content (AvgIpc) is 3.12. The lowest BCUT2D eigenvalue weighted by molar-refractivity contribution is -0.394. The highest BCUT2D eigenvalue weighted by atomic mass is 32.1. The average molecular weight is 458 g/mol. The van der Waals surface area contributed by atoms with E-state index >= 15 is 0 Å². The van der Waals surface area contributed by atoms with Crippen molar-refractivity contribution in [1.29, 1.82) is 0 Å². The number of fused-ring (bicyclic) bond motifs is 4. The summed E-state index contributed by atoms with van der Waals surface area (Å²) < 4.78 is 11.3. The fourth-order valence-corrected chi connectivity index (χ4v) is 4.99. The third-order valence-electron chi connectivity index (χ3n) is 5.74. The van der Waals surface area contributed by atoms with Crippen LogP contribution in [-0.4, -0.2) is 46.2 Å². The Balaban J connectivity index is 1.39. The van der Waals surface area contributed by atoms with Gasteiger partial charge in [-0.05, 0) is 11.4 Å². The number of ether oxygens (including phenoxy) is 2. The maximum absolute atomic E-state index is 12.9. The van der Waals surface area contributed by atoms with Gasteiger partial charge in [-0.25, -0.2) is 5.43 Å². The maximum atomic E-state index is 12.9. The molecule has 1 N–H and O–H groups in total. The molecule has 2 saturated heterocycles.